The first-order chi connectivity index (χ1) is 14.3. The predicted molar refractivity (Wildman–Crippen MR) is 116 cm³/mol. The quantitative estimate of drug-likeness (QED) is 0.576. The van der Waals surface area contributed by atoms with E-state index in [4.69, 9.17) is 11.6 Å². The lowest BCUT2D eigenvalue weighted by molar-refractivity contribution is -0.121. The molecule has 160 valence electrons. The summed E-state index contributed by atoms with van der Waals surface area (Å²) >= 11 is 5.84. The first kappa shape index (κ1) is 22.3. The Kier molecular flexibility index (Phi) is 7.47. The molecule has 1 aliphatic rings. The van der Waals surface area contributed by atoms with Crippen LogP contribution in [0.5, 0.6) is 0 Å². The van der Waals surface area contributed by atoms with Crippen LogP contribution in [0.3, 0.4) is 0 Å². The van der Waals surface area contributed by atoms with Crippen molar-refractivity contribution in [3.63, 3.8) is 0 Å². The molecule has 2 aromatic rings. The summed E-state index contributed by atoms with van der Waals surface area (Å²) in [5.41, 5.74) is 2.50. The van der Waals surface area contributed by atoms with Crippen molar-refractivity contribution in [2.75, 3.05) is 18.4 Å². The summed E-state index contributed by atoms with van der Waals surface area (Å²) in [6.45, 7) is 0.465. The van der Waals surface area contributed by atoms with Crippen LogP contribution >= 0.6 is 11.6 Å². The fourth-order valence-corrected chi connectivity index (χ4v) is 4.39. The Balaban J connectivity index is 1.46. The summed E-state index contributed by atoms with van der Waals surface area (Å²) in [6, 6.07) is 12.0. The Hall–Kier alpha value is -2.42. The number of hydrogen-bond donors (Lipinski definition) is 3. The van der Waals surface area contributed by atoms with Crippen LogP contribution in [0.4, 0.5) is 5.69 Å². The molecule has 0 saturated heterocycles. The van der Waals surface area contributed by atoms with Crippen molar-refractivity contribution >= 4 is 39.1 Å². The van der Waals surface area contributed by atoms with Crippen LogP contribution < -0.4 is 15.4 Å². The SMILES string of the molecule is O=C(CCNS(=O)(=O)c1ccc2c(c1)CCCC(=O)N2)NCCc1ccc(Cl)cc1. The Morgan fingerprint density at radius 2 is 1.83 bits per heavy atom. The number of hydrogen-bond acceptors (Lipinski definition) is 4. The maximum atomic E-state index is 12.5. The summed E-state index contributed by atoms with van der Waals surface area (Å²) in [5.74, 6) is -0.291. The van der Waals surface area contributed by atoms with Crippen molar-refractivity contribution in [1.82, 2.24) is 10.0 Å². The standard InChI is InChI=1S/C21H24ClN3O4S/c22-17-6-4-15(5-7-17)10-12-23-20(26)11-13-24-30(28,29)18-8-9-19-16(14-18)2-1-3-21(27)25-19/h4-9,14,24H,1-3,10-13H2,(H,23,26)(H,25,27). The Morgan fingerprint density at radius 3 is 2.60 bits per heavy atom. The molecule has 3 N–H and O–H groups in total. The van der Waals surface area contributed by atoms with Crippen molar-refractivity contribution in [2.45, 2.75) is 37.0 Å². The van der Waals surface area contributed by atoms with Gasteiger partial charge in [-0.15, -0.1) is 0 Å². The van der Waals surface area contributed by atoms with Gasteiger partial charge in [0.1, 0.15) is 0 Å². The topological polar surface area (TPSA) is 104 Å². The zero-order valence-electron chi connectivity index (χ0n) is 16.4. The maximum Gasteiger partial charge on any atom is 0.240 e. The van der Waals surface area contributed by atoms with Crippen molar-refractivity contribution in [2.24, 2.45) is 0 Å². The lowest BCUT2D eigenvalue weighted by atomic mass is 10.1. The number of fused-ring (bicyclic) bond motifs is 1. The van der Waals surface area contributed by atoms with E-state index < -0.39 is 10.0 Å². The van der Waals surface area contributed by atoms with Crippen molar-refractivity contribution in [3.05, 3.63) is 58.6 Å². The summed E-state index contributed by atoms with van der Waals surface area (Å²) in [5, 5.41) is 6.22. The van der Waals surface area contributed by atoms with Gasteiger partial charge in [-0.2, -0.15) is 0 Å². The van der Waals surface area contributed by atoms with Crippen molar-refractivity contribution in [1.29, 1.82) is 0 Å². The molecule has 0 fully saturated rings. The highest BCUT2D eigenvalue weighted by Crippen LogP contribution is 2.25. The molecule has 0 bridgehead atoms. The third-order valence-electron chi connectivity index (χ3n) is 4.80. The second-order valence-corrected chi connectivity index (χ2v) is 9.30. The molecule has 30 heavy (non-hydrogen) atoms. The smallest absolute Gasteiger partial charge is 0.240 e. The van der Waals surface area contributed by atoms with E-state index in [-0.39, 0.29) is 29.7 Å². The number of rotatable bonds is 8. The highest BCUT2D eigenvalue weighted by Gasteiger charge is 2.19. The van der Waals surface area contributed by atoms with Crippen LogP contribution in [0, 0.1) is 0 Å². The van der Waals surface area contributed by atoms with Gasteiger partial charge in [0.05, 0.1) is 4.90 Å². The average molecular weight is 450 g/mol. The molecule has 2 aromatic carbocycles. The van der Waals surface area contributed by atoms with Crippen LogP contribution in [-0.4, -0.2) is 33.3 Å². The first-order valence-corrected chi connectivity index (χ1v) is 11.6. The average Bonchev–Trinajstić information content (AvgIpc) is 2.89. The molecule has 1 aliphatic heterocycles. The van der Waals surface area contributed by atoms with Gasteiger partial charge in [-0.1, -0.05) is 23.7 Å². The van der Waals surface area contributed by atoms with E-state index in [1.54, 1.807) is 24.3 Å². The molecule has 7 nitrogen and oxygen atoms in total. The van der Waals surface area contributed by atoms with Crippen molar-refractivity contribution in [3.8, 4) is 0 Å². The lowest BCUT2D eigenvalue weighted by Gasteiger charge is -2.11. The maximum absolute atomic E-state index is 12.5. The molecule has 0 spiro atoms. The molecule has 0 atom stereocenters. The van der Waals surface area contributed by atoms with Crippen molar-refractivity contribution < 1.29 is 18.0 Å². The van der Waals surface area contributed by atoms with E-state index >= 15 is 0 Å². The number of aryl methyl sites for hydroxylation is 1. The molecular weight excluding hydrogens is 426 g/mol. The highest BCUT2D eigenvalue weighted by molar-refractivity contribution is 7.89. The van der Waals surface area contributed by atoms with Gasteiger partial charge in [0.15, 0.2) is 0 Å². The monoisotopic (exact) mass is 449 g/mol. The summed E-state index contributed by atoms with van der Waals surface area (Å²) in [6.07, 6.45) is 2.43. The molecule has 0 aliphatic carbocycles. The Labute approximate surface area is 181 Å². The normalized spacial score (nSPS) is 13.8. The van der Waals surface area contributed by atoms with Gasteiger partial charge in [-0.3, -0.25) is 9.59 Å². The lowest BCUT2D eigenvalue weighted by Crippen LogP contribution is -2.31. The molecule has 2 amide bonds. The summed E-state index contributed by atoms with van der Waals surface area (Å²) < 4.78 is 27.5. The Bertz CT molecular complexity index is 1020. The van der Waals surface area contributed by atoms with E-state index in [0.717, 1.165) is 11.1 Å². The first-order valence-electron chi connectivity index (χ1n) is 9.77. The largest absolute Gasteiger partial charge is 0.356 e. The number of benzene rings is 2. The molecule has 3 rings (SSSR count). The number of anilines is 1. The summed E-state index contributed by atoms with van der Waals surface area (Å²) in [7, 11) is -3.74. The molecule has 0 aromatic heterocycles. The molecule has 9 heteroatoms. The number of amides is 2. The second-order valence-electron chi connectivity index (χ2n) is 7.09. The van der Waals surface area contributed by atoms with Gasteiger partial charge in [-0.05, 0) is 60.7 Å². The number of nitrogens with one attached hydrogen (secondary N) is 3. The van der Waals surface area contributed by atoms with Crippen LogP contribution in [0.15, 0.2) is 47.4 Å². The molecule has 1 heterocycles. The second kappa shape index (κ2) is 10.1. The van der Waals surface area contributed by atoms with Gasteiger partial charge >= 0.3 is 0 Å². The molecule has 0 radical (unpaired) electrons. The van der Waals surface area contributed by atoms with Crippen LogP contribution in [0.25, 0.3) is 0 Å². The Morgan fingerprint density at radius 1 is 1.07 bits per heavy atom. The van der Waals surface area contributed by atoms with Crippen LogP contribution in [0.1, 0.15) is 30.4 Å². The third kappa shape index (κ3) is 6.29. The van der Waals surface area contributed by atoms with E-state index in [9.17, 15) is 18.0 Å². The zero-order valence-corrected chi connectivity index (χ0v) is 18.0. The molecule has 0 unspecified atom stereocenters. The van der Waals surface area contributed by atoms with Gasteiger partial charge < -0.3 is 10.6 Å². The van der Waals surface area contributed by atoms with E-state index in [1.165, 1.54) is 6.07 Å². The number of halogens is 1. The van der Waals surface area contributed by atoms with E-state index in [2.05, 4.69) is 15.4 Å². The van der Waals surface area contributed by atoms with Gasteiger partial charge in [0.25, 0.3) is 0 Å². The highest BCUT2D eigenvalue weighted by atomic mass is 35.5. The van der Waals surface area contributed by atoms with E-state index in [0.29, 0.717) is 42.9 Å². The minimum atomic E-state index is -3.74. The third-order valence-corrected chi connectivity index (χ3v) is 6.51. The minimum absolute atomic E-state index is 0.00291. The predicted octanol–water partition coefficient (Wildman–Crippen LogP) is 2.64. The molecule has 0 saturated carbocycles. The minimum Gasteiger partial charge on any atom is -0.356 e. The number of carbonyl (C=O) groups is 2. The summed E-state index contributed by atoms with van der Waals surface area (Å²) in [4.78, 5) is 23.7. The van der Waals surface area contributed by atoms with Crippen LogP contribution in [0.2, 0.25) is 5.02 Å². The fraction of sp³-hybridized carbons (Fsp3) is 0.333. The number of carbonyl (C=O) groups excluding carboxylic acids is 2. The van der Waals surface area contributed by atoms with E-state index in [1.807, 2.05) is 12.1 Å². The zero-order chi connectivity index (χ0) is 21.6. The fourth-order valence-electron chi connectivity index (χ4n) is 3.19. The van der Waals surface area contributed by atoms with Gasteiger partial charge in [0, 0.05) is 36.6 Å². The van der Waals surface area contributed by atoms with Crippen LogP contribution in [-0.2, 0) is 32.5 Å². The number of sulfonamides is 1. The van der Waals surface area contributed by atoms with Gasteiger partial charge in [0.2, 0.25) is 21.8 Å². The van der Waals surface area contributed by atoms with Gasteiger partial charge in [-0.25, -0.2) is 13.1 Å². The molecular formula is C21H24ClN3O4S.